The SMILES string of the molecule is C[N+](C(=O)C=Cc1ccc([N+](=O)[O-])cc1)(c1ccccc1)C1Cc2ccccc2C1. The zero-order chi connectivity index (χ0) is 21.1. The molecule has 1 atom stereocenters. The van der Waals surface area contributed by atoms with Gasteiger partial charge in [-0.3, -0.25) is 10.1 Å². The van der Waals surface area contributed by atoms with Gasteiger partial charge in [-0.05, 0) is 47.0 Å². The summed E-state index contributed by atoms with van der Waals surface area (Å²) in [4.78, 5) is 23.9. The Labute approximate surface area is 175 Å². The van der Waals surface area contributed by atoms with E-state index in [2.05, 4.69) is 12.1 Å². The van der Waals surface area contributed by atoms with Crippen molar-refractivity contribution in [1.82, 2.24) is 4.48 Å². The molecule has 0 radical (unpaired) electrons. The van der Waals surface area contributed by atoms with Crippen molar-refractivity contribution in [2.45, 2.75) is 18.9 Å². The van der Waals surface area contributed by atoms with Crippen LogP contribution in [0.5, 0.6) is 0 Å². The van der Waals surface area contributed by atoms with Crippen LogP contribution in [0.25, 0.3) is 6.08 Å². The van der Waals surface area contributed by atoms with Gasteiger partial charge < -0.3 is 0 Å². The smallest absolute Gasteiger partial charge is 0.258 e. The number of non-ortho nitro benzene ring substituents is 1. The Morgan fingerprint density at radius 2 is 1.50 bits per heavy atom. The van der Waals surface area contributed by atoms with E-state index < -0.39 is 4.92 Å². The average Bonchev–Trinajstić information content (AvgIpc) is 3.22. The number of carbonyl (C=O) groups is 1. The number of quaternary nitrogens is 1. The van der Waals surface area contributed by atoms with Gasteiger partial charge in [0.1, 0.15) is 11.7 Å². The Kier molecular flexibility index (Phi) is 5.29. The molecule has 1 amide bonds. The fourth-order valence-corrected chi connectivity index (χ4v) is 4.19. The van der Waals surface area contributed by atoms with Crippen LogP contribution in [0.15, 0.2) is 84.9 Å². The van der Waals surface area contributed by atoms with E-state index >= 15 is 0 Å². The summed E-state index contributed by atoms with van der Waals surface area (Å²) in [5.41, 5.74) is 4.34. The fourth-order valence-electron chi connectivity index (χ4n) is 4.19. The van der Waals surface area contributed by atoms with E-state index in [1.54, 1.807) is 24.3 Å². The number of nitro groups is 1. The highest BCUT2D eigenvalue weighted by molar-refractivity contribution is 6.00. The maximum Gasteiger partial charge on any atom is 0.343 e. The largest absolute Gasteiger partial charge is 0.343 e. The van der Waals surface area contributed by atoms with Gasteiger partial charge in [-0.25, -0.2) is 9.28 Å². The first-order valence-electron chi connectivity index (χ1n) is 9.94. The summed E-state index contributed by atoms with van der Waals surface area (Å²) in [7, 11) is 1.98. The molecule has 0 heterocycles. The van der Waals surface area contributed by atoms with Crippen molar-refractivity contribution < 1.29 is 9.72 Å². The number of likely N-dealkylation sites (N-methyl/N-ethyl adjacent to an activating group) is 1. The number of rotatable bonds is 5. The van der Waals surface area contributed by atoms with Gasteiger partial charge in [0.05, 0.1) is 12.0 Å². The molecule has 3 aromatic carbocycles. The minimum absolute atomic E-state index is 0.0163. The molecule has 0 fully saturated rings. The van der Waals surface area contributed by atoms with Crippen LogP contribution in [0.1, 0.15) is 16.7 Å². The maximum absolute atomic E-state index is 13.5. The van der Waals surface area contributed by atoms with Crippen LogP contribution in [0, 0.1) is 10.1 Å². The highest BCUT2D eigenvalue weighted by Crippen LogP contribution is 2.34. The van der Waals surface area contributed by atoms with Crippen LogP contribution in [0.3, 0.4) is 0 Å². The minimum atomic E-state index is -0.431. The molecule has 0 bridgehead atoms. The second-order valence-corrected chi connectivity index (χ2v) is 7.76. The topological polar surface area (TPSA) is 60.2 Å². The zero-order valence-electron chi connectivity index (χ0n) is 16.8. The molecule has 0 saturated heterocycles. The van der Waals surface area contributed by atoms with Gasteiger partial charge in [-0.1, -0.05) is 42.5 Å². The van der Waals surface area contributed by atoms with Crippen LogP contribution in [-0.2, 0) is 17.6 Å². The van der Waals surface area contributed by atoms with Crippen LogP contribution in [0.4, 0.5) is 11.4 Å². The van der Waals surface area contributed by atoms with Crippen molar-refractivity contribution >= 4 is 23.4 Å². The van der Waals surface area contributed by atoms with E-state index in [-0.39, 0.29) is 22.1 Å². The molecule has 1 unspecified atom stereocenters. The Hall–Kier alpha value is -3.57. The van der Waals surface area contributed by atoms with Crippen LogP contribution >= 0.6 is 0 Å². The summed E-state index contributed by atoms with van der Waals surface area (Å²) in [6, 6.07) is 24.6. The molecule has 4 rings (SSSR count). The van der Waals surface area contributed by atoms with Crippen molar-refractivity contribution in [2.24, 2.45) is 0 Å². The summed E-state index contributed by atoms with van der Waals surface area (Å²) in [5, 5.41) is 10.8. The van der Waals surface area contributed by atoms with Gasteiger partial charge in [0.25, 0.3) is 5.69 Å². The zero-order valence-corrected chi connectivity index (χ0v) is 16.8. The number of benzene rings is 3. The van der Waals surface area contributed by atoms with E-state index in [9.17, 15) is 14.9 Å². The van der Waals surface area contributed by atoms with E-state index in [1.165, 1.54) is 23.3 Å². The van der Waals surface area contributed by atoms with Gasteiger partial charge in [-0.15, -0.1) is 0 Å². The van der Waals surface area contributed by atoms with Crippen LogP contribution < -0.4 is 4.48 Å². The predicted molar refractivity (Wildman–Crippen MR) is 119 cm³/mol. The standard InChI is InChI=1S/C25H23N2O3/c1-27(23-9-3-2-4-10-23,24-17-20-7-5-6-8-21(20)18-24)25(28)16-13-19-11-14-22(15-12-19)26(29)30/h2-16,24H,17-18H2,1H3/q+1. The van der Waals surface area contributed by atoms with Crippen LogP contribution in [-0.4, -0.2) is 23.9 Å². The number of nitrogens with zero attached hydrogens (tertiary/aromatic N) is 2. The number of hydrogen-bond acceptors (Lipinski definition) is 3. The molecule has 5 nitrogen and oxygen atoms in total. The van der Waals surface area contributed by atoms with Gasteiger partial charge >= 0.3 is 5.91 Å². The molecule has 0 saturated carbocycles. The summed E-state index contributed by atoms with van der Waals surface area (Å²) >= 11 is 0. The van der Waals surface area contributed by atoms with Gasteiger partial charge in [0, 0.05) is 31.1 Å². The lowest BCUT2D eigenvalue weighted by Crippen LogP contribution is -2.57. The Bertz CT molecular complexity index is 1080. The summed E-state index contributed by atoms with van der Waals surface area (Å²) in [6.07, 6.45) is 5.02. The monoisotopic (exact) mass is 399 g/mol. The molecule has 5 heteroatoms. The number of nitro benzene ring substituents is 1. The summed E-state index contributed by atoms with van der Waals surface area (Å²) in [6.45, 7) is 0. The van der Waals surface area contributed by atoms with Crippen LogP contribution in [0.2, 0.25) is 0 Å². The second-order valence-electron chi connectivity index (χ2n) is 7.76. The first-order valence-corrected chi connectivity index (χ1v) is 9.94. The fraction of sp³-hybridized carbons (Fsp3) is 0.160. The first kappa shape index (κ1) is 19.7. The summed E-state index contributed by atoms with van der Waals surface area (Å²) < 4.78 is 0.180. The van der Waals surface area contributed by atoms with E-state index in [4.69, 9.17) is 0 Å². The number of amides is 1. The van der Waals surface area contributed by atoms with Crippen molar-refractivity contribution in [1.29, 1.82) is 0 Å². The molecule has 0 aliphatic heterocycles. The minimum Gasteiger partial charge on any atom is -0.258 e. The summed E-state index contributed by atoms with van der Waals surface area (Å²) in [5.74, 6) is -0.0163. The van der Waals surface area contributed by atoms with Gasteiger partial charge in [0.15, 0.2) is 0 Å². The van der Waals surface area contributed by atoms with E-state index in [1.807, 2.05) is 49.5 Å². The van der Waals surface area contributed by atoms with Gasteiger partial charge in [-0.2, -0.15) is 0 Å². The Balaban J connectivity index is 1.65. The van der Waals surface area contributed by atoms with E-state index in [0.29, 0.717) is 0 Å². The number of fused-ring (bicyclic) bond motifs is 1. The molecule has 0 N–H and O–H groups in total. The molecule has 0 spiro atoms. The Morgan fingerprint density at radius 3 is 2.07 bits per heavy atom. The second kappa shape index (κ2) is 8.05. The quantitative estimate of drug-likeness (QED) is 0.264. The average molecular weight is 399 g/mol. The van der Waals surface area contributed by atoms with Crippen molar-refractivity contribution in [3.63, 3.8) is 0 Å². The first-order chi connectivity index (χ1) is 14.5. The highest BCUT2D eigenvalue weighted by Gasteiger charge is 2.44. The molecule has 30 heavy (non-hydrogen) atoms. The number of carbonyl (C=O) groups excluding carboxylic acids is 1. The predicted octanol–water partition coefficient (Wildman–Crippen LogP) is 4.94. The third-order valence-corrected chi connectivity index (χ3v) is 6.03. The van der Waals surface area contributed by atoms with Crippen molar-refractivity contribution in [3.05, 3.63) is 112 Å². The molecule has 3 aromatic rings. The third kappa shape index (κ3) is 3.67. The lowest BCUT2D eigenvalue weighted by molar-refractivity contribution is -0.384. The molecule has 1 aliphatic rings. The van der Waals surface area contributed by atoms with E-state index in [0.717, 1.165) is 24.1 Å². The van der Waals surface area contributed by atoms with Gasteiger partial charge in [0.2, 0.25) is 0 Å². The molecular weight excluding hydrogens is 376 g/mol. The normalized spacial score (nSPS) is 15.6. The molecule has 150 valence electrons. The molecular formula is C25H23N2O3+. The molecule has 0 aromatic heterocycles. The lowest BCUT2D eigenvalue weighted by atomic mass is 10.1. The highest BCUT2D eigenvalue weighted by atomic mass is 16.6. The lowest BCUT2D eigenvalue weighted by Gasteiger charge is -2.36. The maximum atomic E-state index is 13.5. The number of para-hydroxylation sites is 1. The van der Waals surface area contributed by atoms with Crippen molar-refractivity contribution in [2.75, 3.05) is 7.05 Å². The Morgan fingerprint density at radius 1 is 0.933 bits per heavy atom. The number of hydrogen-bond donors (Lipinski definition) is 0. The van der Waals surface area contributed by atoms with Crippen molar-refractivity contribution in [3.8, 4) is 0 Å². The third-order valence-electron chi connectivity index (χ3n) is 6.03. The molecule has 1 aliphatic carbocycles.